The predicted molar refractivity (Wildman–Crippen MR) is 106 cm³/mol. The van der Waals surface area contributed by atoms with Gasteiger partial charge in [0.1, 0.15) is 12.4 Å². The van der Waals surface area contributed by atoms with Crippen molar-refractivity contribution in [1.82, 2.24) is 4.98 Å². The third-order valence-electron chi connectivity index (χ3n) is 4.66. The maximum atomic E-state index is 12.3. The number of aromatic nitrogens is 1. The number of benzene rings is 1. The van der Waals surface area contributed by atoms with Gasteiger partial charge in [0.25, 0.3) is 0 Å². The Bertz CT molecular complexity index is 874. The number of aliphatic hydroxyl groups is 4. The maximum Gasteiger partial charge on any atom is 0.354 e. The summed E-state index contributed by atoms with van der Waals surface area (Å²) in [6, 6.07) is 3.35. The van der Waals surface area contributed by atoms with Crippen LogP contribution in [0.4, 0.5) is 0 Å². The summed E-state index contributed by atoms with van der Waals surface area (Å²) < 4.78 is 10.0. The van der Waals surface area contributed by atoms with Gasteiger partial charge in [-0.25, -0.2) is 4.79 Å². The van der Waals surface area contributed by atoms with E-state index in [2.05, 4.69) is 9.98 Å². The van der Waals surface area contributed by atoms with Gasteiger partial charge in [0, 0.05) is 18.9 Å². The van der Waals surface area contributed by atoms with Crippen molar-refractivity contribution in [2.45, 2.75) is 26.2 Å². The first-order valence-electron chi connectivity index (χ1n) is 8.97. The second-order valence-corrected chi connectivity index (χ2v) is 6.16. The number of rotatable bonds is 10. The lowest BCUT2D eigenvalue weighted by molar-refractivity contribution is 0.0593. The summed E-state index contributed by atoms with van der Waals surface area (Å²) in [6.07, 6.45) is 1.75. The lowest BCUT2D eigenvalue weighted by atomic mass is 9.89. The smallest absolute Gasteiger partial charge is 0.354 e. The van der Waals surface area contributed by atoms with E-state index in [9.17, 15) is 20.1 Å². The molecule has 0 radical (unpaired) electrons. The van der Waals surface area contributed by atoms with Crippen LogP contribution in [0.25, 0.3) is 11.1 Å². The van der Waals surface area contributed by atoms with Gasteiger partial charge in [-0.3, -0.25) is 4.99 Å². The third kappa shape index (κ3) is 4.72. The van der Waals surface area contributed by atoms with Gasteiger partial charge in [-0.15, -0.1) is 0 Å². The molecule has 5 N–H and O–H groups in total. The number of aliphatic imine (C=N–C) groups is 1. The van der Waals surface area contributed by atoms with E-state index in [-0.39, 0.29) is 18.9 Å². The predicted octanol–water partition coefficient (Wildman–Crippen LogP) is 0.503. The first-order valence-corrected chi connectivity index (χ1v) is 8.97. The molecule has 2 aromatic rings. The zero-order valence-electron chi connectivity index (χ0n) is 16.4. The fourth-order valence-electron chi connectivity index (χ4n) is 3.33. The summed E-state index contributed by atoms with van der Waals surface area (Å²) >= 11 is 0. The molecule has 29 heavy (non-hydrogen) atoms. The second kappa shape index (κ2) is 10.8. The Morgan fingerprint density at radius 1 is 1.07 bits per heavy atom. The van der Waals surface area contributed by atoms with Crippen molar-refractivity contribution < 1.29 is 34.7 Å². The number of carbonyl (C=O) groups excluding carboxylic acids is 1. The molecule has 158 valence electrons. The number of hydrogen-bond acceptors (Lipinski definition) is 8. The lowest BCUT2D eigenvalue weighted by Gasteiger charge is -2.17. The number of esters is 1. The van der Waals surface area contributed by atoms with Crippen molar-refractivity contribution in [3.63, 3.8) is 0 Å². The van der Waals surface area contributed by atoms with Crippen LogP contribution in [-0.4, -0.2) is 65.2 Å². The summed E-state index contributed by atoms with van der Waals surface area (Å²) in [5, 5.41) is 38.5. The minimum atomic E-state index is -0.582. The molecule has 9 heteroatoms. The fourth-order valence-corrected chi connectivity index (χ4v) is 3.33. The van der Waals surface area contributed by atoms with Crippen LogP contribution in [0.15, 0.2) is 17.1 Å². The average molecular weight is 406 g/mol. The molecule has 1 aromatic heterocycles. The van der Waals surface area contributed by atoms with Gasteiger partial charge >= 0.3 is 5.97 Å². The lowest BCUT2D eigenvalue weighted by Crippen LogP contribution is -2.08. The first-order chi connectivity index (χ1) is 14.1. The highest BCUT2D eigenvalue weighted by molar-refractivity contribution is 5.99. The van der Waals surface area contributed by atoms with Crippen LogP contribution in [0.2, 0.25) is 0 Å². The quantitative estimate of drug-likeness (QED) is 0.285. The number of hydrogen-bond donors (Lipinski definition) is 5. The molecule has 1 aromatic carbocycles. The number of methoxy groups -OCH3 is 2. The number of aromatic amines is 1. The van der Waals surface area contributed by atoms with E-state index >= 15 is 0 Å². The van der Waals surface area contributed by atoms with E-state index in [0.717, 1.165) is 0 Å². The molecule has 0 saturated heterocycles. The minimum absolute atomic E-state index is 0.208. The standard InChI is InChI=1S/C20H26N2O7/c1-28-6-5-14-18(17(7-21-11-26)22-19(14)20(27)29-2)13-4-3-12(8-23)15(9-24)16(13)10-25/h3-4,7,22-26H,5-6,8-11H2,1-2H3. The zero-order valence-corrected chi connectivity index (χ0v) is 16.4. The fraction of sp³-hybridized carbons (Fsp3) is 0.400. The molecule has 9 nitrogen and oxygen atoms in total. The summed E-state index contributed by atoms with van der Waals surface area (Å²) in [5.41, 5.74) is 3.69. The Labute approximate surface area is 168 Å². The van der Waals surface area contributed by atoms with Gasteiger partial charge < -0.3 is 34.9 Å². The molecule has 0 spiro atoms. The van der Waals surface area contributed by atoms with Gasteiger partial charge in [0.2, 0.25) is 0 Å². The van der Waals surface area contributed by atoms with Gasteiger partial charge in [-0.1, -0.05) is 12.1 Å². The van der Waals surface area contributed by atoms with Crippen LogP contribution in [-0.2, 0) is 35.7 Å². The Kier molecular flexibility index (Phi) is 8.50. The van der Waals surface area contributed by atoms with Gasteiger partial charge in [-0.2, -0.15) is 0 Å². The molecule has 0 aliphatic heterocycles. The Balaban J connectivity index is 2.86. The monoisotopic (exact) mass is 406 g/mol. The normalized spacial score (nSPS) is 11.4. The molecule has 0 atom stereocenters. The molecule has 2 rings (SSSR count). The van der Waals surface area contributed by atoms with Crippen molar-refractivity contribution in [2.75, 3.05) is 27.6 Å². The van der Waals surface area contributed by atoms with E-state index in [0.29, 0.717) is 52.1 Å². The highest BCUT2D eigenvalue weighted by Gasteiger charge is 2.25. The molecule has 0 saturated carbocycles. The van der Waals surface area contributed by atoms with Crippen molar-refractivity contribution >= 4 is 12.2 Å². The molecular weight excluding hydrogens is 380 g/mol. The Morgan fingerprint density at radius 3 is 2.34 bits per heavy atom. The summed E-state index contributed by atoms with van der Waals surface area (Å²) in [5.74, 6) is -0.582. The number of carbonyl (C=O) groups is 1. The number of aliphatic hydroxyl groups excluding tert-OH is 4. The number of nitrogens with zero attached hydrogens (tertiary/aromatic N) is 1. The third-order valence-corrected chi connectivity index (χ3v) is 4.66. The van der Waals surface area contributed by atoms with Crippen molar-refractivity contribution in [1.29, 1.82) is 0 Å². The van der Waals surface area contributed by atoms with Gasteiger partial charge in [0.15, 0.2) is 0 Å². The number of nitrogens with one attached hydrogen (secondary N) is 1. The highest BCUT2D eigenvalue weighted by Crippen LogP contribution is 2.36. The molecule has 0 amide bonds. The topological polar surface area (TPSA) is 145 Å². The summed E-state index contributed by atoms with van der Waals surface area (Å²) in [7, 11) is 2.81. The van der Waals surface area contributed by atoms with Gasteiger partial charge in [-0.05, 0) is 34.2 Å². The molecular formula is C20H26N2O7. The van der Waals surface area contributed by atoms with E-state index in [1.165, 1.54) is 20.4 Å². The molecule has 0 unspecified atom stereocenters. The van der Waals surface area contributed by atoms with Crippen LogP contribution in [0, 0.1) is 0 Å². The van der Waals surface area contributed by atoms with Crippen LogP contribution >= 0.6 is 0 Å². The summed E-state index contributed by atoms with van der Waals surface area (Å²) in [4.78, 5) is 19.2. The SMILES string of the molecule is COCCc1c(C(=O)OC)[nH]c(C=NCO)c1-c1ccc(CO)c(CO)c1CO. The van der Waals surface area contributed by atoms with Crippen molar-refractivity contribution in [3.8, 4) is 11.1 Å². The Morgan fingerprint density at radius 2 is 1.79 bits per heavy atom. The Hall–Kier alpha value is -2.56. The van der Waals surface area contributed by atoms with Crippen molar-refractivity contribution in [3.05, 3.63) is 45.8 Å². The molecule has 0 aliphatic carbocycles. The van der Waals surface area contributed by atoms with Crippen LogP contribution < -0.4 is 0 Å². The maximum absolute atomic E-state index is 12.3. The molecule has 0 fully saturated rings. The molecule has 0 aliphatic rings. The van der Waals surface area contributed by atoms with Crippen LogP contribution in [0.5, 0.6) is 0 Å². The van der Waals surface area contributed by atoms with E-state index in [4.69, 9.17) is 14.6 Å². The minimum Gasteiger partial charge on any atom is -0.464 e. The largest absolute Gasteiger partial charge is 0.464 e. The highest BCUT2D eigenvalue weighted by atomic mass is 16.5. The number of ether oxygens (including phenoxy) is 2. The van der Waals surface area contributed by atoms with E-state index in [1.807, 2.05) is 0 Å². The molecule has 0 bridgehead atoms. The van der Waals surface area contributed by atoms with Crippen LogP contribution in [0.3, 0.4) is 0 Å². The molecule has 1 heterocycles. The van der Waals surface area contributed by atoms with Crippen molar-refractivity contribution in [2.24, 2.45) is 4.99 Å². The first kappa shape index (κ1) is 22.7. The van der Waals surface area contributed by atoms with E-state index in [1.54, 1.807) is 12.1 Å². The summed E-state index contributed by atoms with van der Waals surface area (Å²) in [6.45, 7) is -1.18. The second-order valence-electron chi connectivity index (χ2n) is 6.16. The van der Waals surface area contributed by atoms with Gasteiger partial charge in [0.05, 0.1) is 39.2 Å². The van der Waals surface area contributed by atoms with E-state index < -0.39 is 19.3 Å². The van der Waals surface area contributed by atoms with Crippen LogP contribution in [0.1, 0.15) is 38.4 Å². The average Bonchev–Trinajstić information content (AvgIpc) is 3.12. The number of H-pyrrole nitrogens is 1. The zero-order chi connectivity index (χ0) is 21.4.